The summed E-state index contributed by atoms with van der Waals surface area (Å²) in [5.74, 6) is -0.505. The van der Waals surface area contributed by atoms with Crippen LogP contribution in [0.3, 0.4) is 0 Å². The normalized spacial score (nSPS) is 22.9. The Balaban J connectivity index is 1.25. The van der Waals surface area contributed by atoms with Gasteiger partial charge in [-0.25, -0.2) is 0 Å². The first-order valence-corrected chi connectivity index (χ1v) is 24.0. The Labute approximate surface area is 366 Å². The molecular weight excluding hydrogens is 825 g/mol. The van der Waals surface area contributed by atoms with Crippen LogP contribution in [0, 0.1) is 5.92 Å². The maximum absolute atomic E-state index is 14.9. The number of ether oxygens (including phenoxy) is 1. The summed E-state index contributed by atoms with van der Waals surface area (Å²) in [5.41, 5.74) is 6.23. The molecule has 12 heteroatoms. The fourth-order valence-corrected chi connectivity index (χ4v) is 13.5. The van der Waals surface area contributed by atoms with Gasteiger partial charge in [-0.05, 0) is 142 Å². The minimum absolute atomic E-state index is 0.00384. The SMILES string of the molecule is CC(C)Cc1cc(-c2oc3cc(O)c4c(c3c(=O)c2O)OC2CC3c5c-4cc4c6c(ccc(c56)C(SSCCCC2O)C3O)CCC4CCO)cc(Cc2cccc(O)c2)c1O. The molecule has 0 saturated carbocycles. The smallest absolute Gasteiger partial charge is 0.238 e. The molecule has 6 aromatic rings. The van der Waals surface area contributed by atoms with E-state index in [1.807, 2.05) is 26.0 Å². The Morgan fingerprint density at radius 2 is 1.71 bits per heavy atom. The molecule has 3 heterocycles. The number of aryl methyl sites for hydroxylation is 1. The molecule has 1 fully saturated rings. The Morgan fingerprint density at radius 3 is 2.50 bits per heavy atom. The van der Waals surface area contributed by atoms with Gasteiger partial charge in [0.25, 0.3) is 0 Å². The van der Waals surface area contributed by atoms with Crippen molar-refractivity contribution in [3.63, 3.8) is 0 Å². The molecule has 10 nitrogen and oxygen atoms in total. The molecule has 6 atom stereocenters. The number of fused-ring (bicyclic) bond motifs is 7. The second-order valence-electron chi connectivity index (χ2n) is 17.9. The number of hydrogen-bond donors (Lipinski definition) is 7. The summed E-state index contributed by atoms with van der Waals surface area (Å²) in [6, 6.07) is 17.8. The molecule has 0 radical (unpaired) electrons. The van der Waals surface area contributed by atoms with E-state index >= 15 is 0 Å². The van der Waals surface area contributed by atoms with Gasteiger partial charge in [0.05, 0.1) is 23.0 Å². The summed E-state index contributed by atoms with van der Waals surface area (Å²) >= 11 is 0. The van der Waals surface area contributed by atoms with E-state index in [1.165, 1.54) is 11.6 Å². The lowest BCUT2D eigenvalue weighted by Crippen LogP contribution is -2.39. The van der Waals surface area contributed by atoms with E-state index in [4.69, 9.17) is 9.15 Å². The molecule has 7 N–H and O–H groups in total. The van der Waals surface area contributed by atoms with E-state index in [-0.39, 0.29) is 81.8 Å². The Hall–Kier alpha value is -4.85. The van der Waals surface area contributed by atoms with Crippen LogP contribution in [-0.2, 0) is 19.3 Å². The average Bonchev–Trinajstić information content (AvgIpc) is 3.24. The molecular formula is C50H50O10S2. The summed E-state index contributed by atoms with van der Waals surface area (Å²) < 4.78 is 13.3. The van der Waals surface area contributed by atoms with Crippen molar-refractivity contribution in [2.45, 2.75) is 101 Å². The lowest BCUT2D eigenvalue weighted by Gasteiger charge is -2.42. The summed E-state index contributed by atoms with van der Waals surface area (Å²) in [4.78, 5) is 14.9. The molecule has 1 aromatic heterocycles. The van der Waals surface area contributed by atoms with Gasteiger partial charge in [0.1, 0.15) is 40.1 Å². The van der Waals surface area contributed by atoms with E-state index in [2.05, 4.69) is 12.1 Å². The van der Waals surface area contributed by atoms with Gasteiger partial charge >= 0.3 is 0 Å². The minimum atomic E-state index is -0.979. The molecule has 2 aliphatic carbocycles. The number of aliphatic hydroxyl groups is 3. The highest BCUT2D eigenvalue weighted by Crippen LogP contribution is 2.60. The lowest BCUT2D eigenvalue weighted by atomic mass is 9.68. The fraction of sp³-hybridized carbons (Fsp3) is 0.380. The van der Waals surface area contributed by atoms with Crippen LogP contribution in [0.2, 0.25) is 0 Å². The molecule has 10 rings (SSSR count). The second-order valence-corrected chi connectivity index (χ2v) is 20.6. The number of phenols is 3. The number of hydrogen-bond acceptors (Lipinski definition) is 12. The molecule has 4 aliphatic rings. The quantitative estimate of drug-likeness (QED) is 0.0757. The molecule has 62 heavy (non-hydrogen) atoms. The van der Waals surface area contributed by atoms with Crippen molar-refractivity contribution in [3.05, 3.63) is 110 Å². The first-order chi connectivity index (χ1) is 29.9. The average molecular weight is 875 g/mol. The zero-order chi connectivity index (χ0) is 43.1. The van der Waals surface area contributed by atoms with Crippen LogP contribution in [0.5, 0.6) is 28.7 Å². The number of aromatic hydroxyl groups is 4. The van der Waals surface area contributed by atoms with Gasteiger partial charge in [0.2, 0.25) is 11.2 Å². The van der Waals surface area contributed by atoms with Crippen LogP contribution in [0.25, 0.3) is 44.2 Å². The third-order valence-corrected chi connectivity index (χ3v) is 16.3. The second kappa shape index (κ2) is 16.1. The number of benzene rings is 5. The Morgan fingerprint density at radius 1 is 0.887 bits per heavy atom. The lowest BCUT2D eigenvalue weighted by molar-refractivity contribution is 0.00975. The molecule has 2 aliphatic heterocycles. The largest absolute Gasteiger partial charge is 0.508 e. The van der Waals surface area contributed by atoms with Crippen molar-refractivity contribution >= 4 is 43.3 Å². The van der Waals surface area contributed by atoms with Crippen LogP contribution < -0.4 is 10.2 Å². The van der Waals surface area contributed by atoms with E-state index in [0.29, 0.717) is 47.9 Å². The van der Waals surface area contributed by atoms with Gasteiger partial charge in [-0.3, -0.25) is 4.79 Å². The third-order valence-electron chi connectivity index (χ3n) is 13.5. The first-order valence-electron chi connectivity index (χ1n) is 21.6. The van der Waals surface area contributed by atoms with E-state index in [0.717, 1.165) is 51.6 Å². The maximum atomic E-state index is 14.9. The van der Waals surface area contributed by atoms with Crippen LogP contribution in [0.4, 0.5) is 0 Å². The van der Waals surface area contributed by atoms with Gasteiger partial charge in [-0.1, -0.05) is 59.7 Å². The van der Waals surface area contributed by atoms with Crippen molar-refractivity contribution in [3.8, 4) is 51.2 Å². The van der Waals surface area contributed by atoms with Gasteiger partial charge in [-0.2, -0.15) is 0 Å². The predicted octanol–water partition coefficient (Wildman–Crippen LogP) is 9.49. The van der Waals surface area contributed by atoms with Crippen molar-refractivity contribution in [2.75, 3.05) is 12.4 Å². The molecule has 322 valence electrons. The molecule has 0 amide bonds. The molecule has 3 bridgehead atoms. The van der Waals surface area contributed by atoms with Gasteiger partial charge in [0.15, 0.2) is 5.76 Å². The van der Waals surface area contributed by atoms with Gasteiger partial charge in [-0.15, -0.1) is 0 Å². The first kappa shape index (κ1) is 41.2. The standard InChI is InChI=1S/C50H50O10S2/c1-23(2)15-27-18-29(19-28(44(27)55)16-24-5-3-6-30(52)17-24)48-47(58)46(57)43-38(60-48)22-36(54)41-33-20-32-25(12-13-51)8-9-26-10-11-31-42(39(26)32)40(33)34-21-37(59-49(41)43)35(53)7-4-14-61-62-50(31)45(34)56/h3,5-6,10-11,17-20,22-23,25,34-35,37,45,50-56,58H,4,7-9,12-16,21H2,1-2H3. The van der Waals surface area contributed by atoms with E-state index < -0.39 is 35.4 Å². The maximum Gasteiger partial charge on any atom is 0.238 e. The van der Waals surface area contributed by atoms with Crippen LogP contribution >= 0.6 is 21.6 Å². The number of rotatable bonds is 7. The third kappa shape index (κ3) is 6.81. The zero-order valence-corrected chi connectivity index (χ0v) is 36.2. The highest BCUT2D eigenvalue weighted by molar-refractivity contribution is 8.76. The van der Waals surface area contributed by atoms with Crippen LogP contribution in [0.1, 0.15) is 102 Å². The zero-order valence-electron chi connectivity index (χ0n) is 34.6. The van der Waals surface area contributed by atoms with Crippen molar-refractivity contribution in [1.82, 2.24) is 0 Å². The molecule has 6 unspecified atom stereocenters. The fourth-order valence-electron chi connectivity index (χ4n) is 10.7. The molecule has 5 aromatic carbocycles. The van der Waals surface area contributed by atoms with E-state index in [1.54, 1.807) is 51.9 Å². The summed E-state index contributed by atoms with van der Waals surface area (Å²) in [5, 5.41) is 82.3. The predicted molar refractivity (Wildman–Crippen MR) is 244 cm³/mol. The Bertz CT molecular complexity index is 2830. The van der Waals surface area contributed by atoms with Crippen LogP contribution in [0.15, 0.2) is 69.9 Å². The Kier molecular flexibility index (Phi) is 10.7. The van der Waals surface area contributed by atoms with Crippen molar-refractivity contribution in [1.29, 1.82) is 0 Å². The van der Waals surface area contributed by atoms with E-state index in [9.17, 15) is 40.5 Å². The highest BCUT2D eigenvalue weighted by atomic mass is 33.1. The minimum Gasteiger partial charge on any atom is -0.508 e. The monoisotopic (exact) mass is 874 g/mol. The summed E-state index contributed by atoms with van der Waals surface area (Å²) in [6.07, 6.45) is 1.55. The van der Waals surface area contributed by atoms with Crippen LogP contribution in [-0.4, -0.2) is 66.4 Å². The van der Waals surface area contributed by atoms with Crippen molar-refractivity contribution in [2.24, 2.45) is 5.92 Å². The van der Waals surface area contributed by atoms with Gasteiger partial charge < -0.3 is 44.9 Å². The van der Waals surface area contributed by atoms with Gasteiger partial charge in [0, 0.05) is 36.3 Å². The highest BCUT2D eigenvalue weighted by Gasteiger charge is 2.46. The topological polar surface area (TPSA) is 181 Å². The number of phenolic OH excluding ortho intramolecular Hbond substituents is 3. The number of aliphatic hydroxyl groups excluding tert-OH is 3. The molecule has 1 saturated heterocycles. The van der Waals surface area contributed by atoms with Crippen molar-refractivity contribution < 1.29 is 44.9 Å². The molecule has 0 spiro atoms. The summed E-state index contributed by atoms with van der Waals surface area (Å²) in [6.45, 7) is 4.05. The summed E-state index contributed by atoms with van der Waals surface area (Å²) in [7, 11) is 3.35.